The Morgan fingerprint density at radius 3 is 2.26 bits per heavy atom. The van der Waals surface area contributed by atoms with E-state index in [1.54, 1.807) is 4.90 Å². The first-order valence-corrected chi connectivity index (χ1v) is 6.99. The third-order valence-corrected chi connectivity index (χ3v) is 3.69. The van der Waals surface area contributed by atoms with Crippen LogP contribution in [0, 0.1) is 28.6 Å². The van der Waals surface area contributed by atoms with Crippen molar-refractivity contribution in [3.63, 3.8) is 0 Å². The van der Waals surface area contributed by atoms with Gasteiger partial charge in [-0.2, -0.15) is 10.5 Å². The Bertz CT molecular complexity index is 351. The minimum atomic E-state index is -0.139. The molecule has 104 valence electrons. The van der Waals surface area contributed by atoms with Crippen LogP contribution in [0.1, 0.15) is 44.9 Å². The van der Waals surface area contributed by atoms with Crippen molar-refractivity contribution in [3.05, 3.63) is 0 Å². The van der Waals surface area contributed by atoms with Gasteiger partial charge in [-0.15, -0.1) is 0 Å². The second-order valence-electron chi connectivity index (χ2n) is 5.05. The lowest BCUT2D eigenvalue weighted by molar-refractivity contribution is -0.136. The van der Waals surface area contributed by atoms with Gasteiger partial charge in [0.15, 0.2) is 0 Å². The molecule has 5 nitrogen and oxygen atoms in total. The van der Waals surface area contributed by atoms with E-state index in [4.69, 9.17) is 16.3 Å². The molecule has 19 heavy (non-hydrogen) atoms. The lowest BCUT2D eigenvalue weighted by Crippen LogP contribution is -2.44. The maximum absolute atomic E-state index is 12.5. The number of hydrogen-bond acceptors (Lipinski definition) is 4. The molecular formula is C14H22N4O. The molecule has 2 atom stereocenters. The fourth-order valence-corrected chi connectivity index (χ4v) is 2.58. The Kier molecular flexibility index (Phi) is 6.92. The summed E-state index contributed by atoms with van der Waals surface area (Å²) in [4.78, 5) is 14.1. The molecule has 5 heteroatoms. The SMILES string of the molecule is N#CCCN(CCC#N)C(=O)C1CCCCCC1N. The minimum Gasteiger partial charge on any atom is -0.340 e. The summed E-state index contributed by atoms with van der Waals surface area (Å²) in [6.07, 6.45) is 5.58. The summed E-state index contributed by atoms with van der Waals surface area (Å²) in [6, 6.07) is 4.01. The highest BCUT2D eigenvalue weighted by Gasteiger charge is 2.30. The van der Waals surface area contributed by atoms with E-state index in [2.05, 4.69) is 0 Å². The largest absolute Gasteiger partial charge is 0.340 e. The number of rotatable bonds is 5. The van der Waals surface area contributed by atoms with Gasteiger partial charge in [-0.05, 0) is 12.8 Å². The van der Waals surface area contributed by atoms with Gasteiger partial charge in [0.05, 0.1) is 30.9 Å². The summed E-state index contributed by atoms with van der Waals surface area (Å²) in [7, 11) is 0. The molecule has 2 N–H and O–H groups in total. The Balaban J connectivity index is 2.67. The van der Waals surface area contributed by atoms with Crippen LogP contribution in [0.25, 0.3) is 0 Å². The van der Waals surface area contributed by atoms with Crippen molar-refractivity contribution in [1.82, 2.24) is 4.90 Å². The molecule has 0 saturated heterocycles. The number of hydrogen-bond donors (Lipinski definition) is 1. The van der Waals surface area contributed by atoms with E-state index in [0.717, 1.165) is 32.1 Å². The van der Waals surface area contributed by atoms with E-state index in [0.29, 0.717) is 25.9 Å². The average Bonchev–Trinajstić information content (AvgIpc) is 2.63. The first-order valence-electron chi connectivity index (χ1n) is 6.99. The highest BCUT2D eigenvalue weighted by molar-refractivity contribution is 5.79. The van der Waals surface area contributed by atoms with Crippen LogP contribution in [0.2, 0.25) is 0 Å². The summed E-state index contributed by atoms with van der Waals surface area (Å²) in [5.74, 6) is -0.111. The van der Waals surface area contributed by atoms with E-state index >= 15 is 0 Å². The van der Waals surface area contributed by atoms with Gasteiger partial charge in [-0.25, -0.2) is 0 Å². The van der Waals surface area contributed by atoms with Gasteiger partial charge in [0.25, 0.3) is 0 Å². The van der Waals surface area contributed by atoms with Crippen LogP contribution in [0.4, 0.5) is 0 Å². The number of carbonyl (C=O) groups is 1. The van der Waals surface area contributed by atoms with Gasteiger partial charge in [0, 0.05) is 19.1 Å². The Hall–Kier alpha value is -1.59. The lowest BCUT2D eigenvalue weighted by atomic mass is 9.94. The molecule has 0 aromatic carbocycles. The van der Waals surface area contributed by atoms with Gasteiger partial charge in [-0.1, -0.05) is 19.3 Å². The van der Waals surface area contributed by atoms with Gasteiger partial charge in [0.2, 0.25) is 5.91 Å². The maximum atomic E-state index is 12.5. The molecule has 1 aliphatic rings. The third kappa shape index (κ3) is 4.89. The van der Waals surface area contributed by atoms with Crippen LogP contribution in [-0.4, -0.2) is 29.9 Å². The highest BCUT2D eigenvalue weighted by atomic mass is 16.2. The standard InChI is InChI=1S/C14H22N4O/c15-8-4-10-18(11-5-9-16)14(19)12-6-2-1-3-7-13(12)17/h12-13H,1-7,10-11,17H2. The third-order valence-electron chi connectivity index (χ3n) is 3.69. The molecular weight excluding hydrogens is 240 g/mol. The molecule has 0 aromatic rings. The van der Waals surface area contributed by atoms with Crippen LogP contribution in [0.5, 0.6) is 0 Å². The van der Waals surface area contributed by atoms with E-state index in [-0.39, 0.29) is 17.9 Å². The molecule has 0 radical (unpaired) electrons. The molecule has 0 aromatic heterocycles. The molecule has 2 unspecified atom stereocenters. The topological polar surface area (TPSA) is 93.9 Å². The summed E-state index contributed by atoms with van der Waals surface area (Å²) >= 11 is 0. The number of carbonyl (C=O) groups excluding carboxylic acids is 1. The Morgan fingerprint density at radius 1 is 1.11 bits per heavy atom. The van der Waals surface area contributed by atoms with Gasteiger partial charge in [0.1, 0.15) is 0 Å². The minimum absolute atomic E-state index is 0.0277. The van der Waals surface area contributed by atoms with Crippen molar-refractivity contribution in [1.29, 1.82) is 10.5 Å². The summed E-state index contributed by atoms with van der Waals surface area (Å²) < 4.78 is 0. The second-order valence-corrected chi connectivity index (χ2v) is 5.05. The van der Waals surface area contributed by atoms with Crippen LogP contribution in [-0.2, 0) is 4.79 Å². The number of nitrogens with zero attached hydrogens (tertiary/aromatic N) is 3. The molecule has 0 heterocycles. The van der Waals surface area contributed by atoms with Crippen molar-refractivity contribution in [3.8, 4) is 12.1 Å². The second kappa shape index (κ2) is 8.50. The molecule has 1 rings (SSSR count). The van der Waals surface area contributed by atoms with E-state index in [9.17, 15) is 4.79 Å². The quantitative estimate of drug-likeness (QED) is 0.760. The molecule has 1 aliphatic carbocycles. The molecule has 0 bridgehead atoms. The Labute approximate surface area is 115 Å². The van der Waals surface area contributed by atoms with Gasteiger partial charge >= 0.3 is 0 Å². The fourth-order valence-electron chi connectivity index (χ4n) is 2.58. The van der Waals surface area contributed by atoms with Crippen molar-refractivity contribution < 1.29 is 4.79 Å². The van der Waals surface area contributed by atoms with Crippen LogP contribution in [0.15, 0.2) is 0 Å². The lowest BCUT2D eigenvalue weighted by Gasteiger charge is -2.28. The number of nitriles is 2. The van der Waals surface area contributed by atoms with E-state index < -0.39 is 0 Å². The molecule has 1 saturated carbocycles. The van der Waals surface area contributed by atoms with Crippen LogP contribution >= 0.6 is 0 Å². The molecule has 0 aliphatic heterocycles. The molecule has 0 spiro atoms. The predicted molar refractivity (Wildman–Crippen MR) is 71.6 cm³/mol. The monoisotopic (exact) mass is 262 g/mol. The van der Waals surface area contributed by atoms with Gasteiger partial charge < -0.3 is 10.6 Å². The average molecular weight is 262 g/mol. The van der Waals surface area contributed by atoms with Gasteiger partial charge in [-0.3, -0.25) is 4.79 Å². The van der Waals surface area contributed by atoms with Crippen molar-refractivity contribution >= 4 is 5.91 Å². The molecule has 1 amide bonds. The number of nitrogens with two attached hydrogens (primary N) is 1. The van der Waals surface area contributed by atoms with Crippen LogP contribution in [0.3, 0.4) is 0 Å². The summed E-state index contributed by atoms with van der Waals surface area (Å²) in [5.41, 5.74) is 6.10. The molecule has 1 fully saturated rings. The zero-order valence-corrected chi connectivity index (χ0v) is 11.3. The summed E-state index contributed by atoms with van der Waals surface area (Å²) in [5, 5.41) is 17.3. The number of amides is 1. The van der Waals surface area contributed by atoms with Crippen LogP contribution < -0.4 is 5.73 Å². The normalized spacial score (nSPS) is 22.9. The van der Waals surface area contributed by atoms with E-state index in [1.165, 1.54) is 0 Å². The maximum Gasteiger partial charge on any atom is 0.227 e. The highest BCUT2D eigenvalue weighted by Crippen LogP contribution is 2.24. The zero-order chi connectivity index (χ0) is 14.1. The van der Waals surface area contributed by atoms with E-state index in [1.807, 2.05) is 12.1 Å². The smallest absolute Gasteiger partial charge is 0.227 e. The predicted octanol–water partition coefficient (Wildman–Crippen LogP) is 1.55. The van der Waals surface area contributed by atoms with Crippen molar-refractivity contribution in [2.45, 2.75) is 51.0 Å². The summed E-state index contributed by atoms with van der Waals surface area (Å²) in [6.45, 7) is 0.806. The van der Waals surface area contributed by atoms with Crippen molar-refractivity contribution in [2.24, 2.45) is 11.7 Å². The first kappa shape index (κ1) is 15.5. The van der Waals surface area contributed by atoms with Crippen molar-refractivity contribution in [2.75, 3.05) is 13.1 Å². The Morgan fingerprint density at radius 2 is 1.68 bits per heavy atom. The first-order chi connectivity index (χ1) is 9.20. The fraction of sp³-hybridized carbons (Fsp3) is 0.786. The zero-order valence-electron chi connectivity index (χ0n) is 11.3.